The van der Waals surface area contributed by atoms with Crippen molar-refractivity contribution >= 4 is 13.7 Å². The molecule has 3 N–H and O–H groups in total. The quantitative estimate of drug-likeness (QED) is 0.0371. The van der Waals surface area contributed by atoms with Gasteiger partial charge in [0.2, 0.25) is 5.91 Å². The van der Waals surface area contributed by atoms with Crippen molar-refractivity contribution in [3.05, 3.63) is 24.3 Å². The Hall–Kier alpha value is -1.02. The molecule has 0 radical (unpaired) electrons. The van der Waals surface area contributed by atoms with Crippen LogP contribution in [0, 0.1) is 0 Å². The van der Waals surface area contributed by atoms with E-state index in [1.807, 2.05) is 21.1 Å². The van der Waals surface area contributed by atoms with E-state index in [2.05, 4.69) is 43.5 Å². The van der Waals surface area contributed by atoms with Crippen LogP contribution in [0.15, 0.2) is 24.3 Å². The molecule has 0 saturated heterocycles. The van der Waals surface area contributed by atoms with Crippen molar-refractivity contribution < 1.29 is 32.9 Å². The van der Waals surface area contributed by atoms with Gasteiger partial charge in [0.1, 0.15) is 13.2 Å². The normalized spacial score (nSPS) is 15.4. The van der Waals surface area contributed by atoms with E-state index in [1.54, 1.807) is 0 Å². The van der Waals surface area contributed by atoms with Crippen LogP contribution >= 0.6 is 7.82 Å². The minimum Gasteiger partial charge on any atom is -0.391 e. The average Bonchev–Trinajstić information content (AvgIpc) is 2.90. The van der Waals surface area contributed by atoms with Gasteiger partial charge in [0.25, 0.3) is 0 Å². The predicted octanol–water partition coefficient (Wildman–Crippen LogP) is 7.46. The lowest BCUT2D eigenvalue weighted by Crippen LogP contribution is -2.46. The molecular formula is C32H64N2O6P+. The molecule has 0 saturated carbocycles. The number of aliphatic hydroxyl groups excluding tert-OH is 1. The Balaban J connectivity index is 4.43. The maximum Gasteiger partial charge on any atom is 0.472 e. The molecule has 0 aliphatic carbocycles. The van der Waals surface area contributed by atoms with Crippen LogP contribution < -0.4 is 5.32 Å². The fourth-order valence-electron chi connectivity index (χ4n) is 4.23. The number of unbranched alkanes of at least 4 members (excludes halogenated alkanes) is 11. The molecule has 0 aliphatic heterocycles. The largest absolute Gasteiger partial charge is 0.472 e. The summed E-state index contributed by atoms with van der Waals surface area (Å²) < 4.78 is 23.2. The molecule has 0 fully saturated rings. The van der Waals surface area contributed by atoms with E-state index in [0.29, 0.717) is 23.9 Å². The van der Waals surface area contributed by atoms with Crippen molar-refractivity contribution in [2.45, 2.75) is 135 Å². The Labute approximate surface area is 252 Å². The van der Waals surface area contributed by atoms with Crippen LogP contribution in [0.3, 0.4) is 0 Å². The smallest absolute Gasteiger partial charge is 0.391 e. The molecule has 0 aromatic carbocycles. The summed E-state index contributed by atoms with van der Waals surface area (Å²) >= 11 is 0. The number of phosphoric acid groups is 1. The molecule has 0 aromatic rings. The Bertz CT molecular complexity index is 738. The molecule has 0 heterocycles. The van der Waals surface area contributed by atoms with Crippen molar-refractivity contribution in [3.8, 4) is 0 Å². The molecule has 0 rings (SSSR count). The van der Waals surface area contributed by atoms with Crippen molar-refractivity contribution in [2.75, 3.05) is 40.9 Å². The number of phosphoric ester groups is 1. The number of quaternary nitrogens is 1. The van der Waals surface area contributed by atoms with Crippen LogP contribution in [-0.2, 0) is 18.4 Å². The SMILES string of the molecule is CCCC/C=C\C/C=C\CCCCCCCC(=O)NC(COP(=O)(O)OCC[N+](C)(C)C)C(O)CCCCCCC. The second-order valence-electron chi connectivity index (χ2n) is 12.2. The van der Waals surface area contributed by atoms with E-state index in [9.17, 15) is 19.4 Å². The fraction of sp³-hybridized carbons (Fsp3) is 0.844. The summed E-state index contributed by atoms with van der Waals surface area (Å²) in [7, 11) is 1.59. The summed E-state index contributed by atoms with van der Waals surface area (Å²) in [5, 5.41) is 13.6. The van der Waals surface area contributed by atoms with E-state index >= 15 is 0 Å². The monoisotopic (exact) mass is 603 g/mol. The molecule has 0 aromatic heterocycles. The third-order valence-corrected chi connectivity index (χ3v) is 7.94. The van der Waals surface area contributed by atoms with Gasteiger partial charge in [0, 0.05) is 6.42 Å². The summed E-state index contributed by atoms with van der Waals surface area (Å²) in [6, 6.07) is -0.760. The lowest BCUT2D eigenvalue weighted by Gasteiger charge is -2.26. The number of carbonyl (C=O) groups is 1. The molecule has 0 spiro atoms. The van der Waals surface area contributed by atoms with Crippen LogP contribution in [0.5, 0.6) is 0 Å². The van der Waals surface area contributed by atoms with Gasteiger partial charge in [-0.05, 0) is 38.5 Å². The number of rotatable bonds is 28. The lowest BCUT2D eigenvalue weighted by molar-refractivity contribution is -0.870. The van der Waals surface area contributed by atoms with Crippen molar-refractivity contribution in [2.24, 2.45) is 0 Å². The number of carbonyl (C=O) groups excluding carboxylic acids is 1. The van der Waals surface area contributed by atoms with Gasteiger partial charge in [0.15, 0.2) is 0 Å². The summed E-state index contributed by atoms with van der Waals surface area (Å²) in [4.78, 5) is 22.7. The van der Waals surface area contributed by atoms with Gasteiger partial charge in [-0.2, -0.15) is 0 Å². The molecule has 9 heteroatoms. The highest BCUT2D eigenvalue weighted by molar-refractivity contribution is 7.47. The summed E-state index contributed by atoms with van der Waals surface area (Å²) in [6.07, 6.45) is 25.2. The molecule has 41 heavy (non-hydrogen) atoms. The molecule has 242 valence electrons. The van der Waals surface area contributed by atoms with Crippen LogP contribution in [0.2, 0.25) is 0 Å². The Morgan fingerprint density at radius 3 is 2.07 bits per heavy atom. The minimum absolute atomic E-state index is 0.0705. The molecule has 8 nitrogen and oxygen atoms in total. The molecular weight excluding hydrogens is 539 g/mol. The van der Waals surface area contributed by atoms with Gasteiger partial charge < -0.3 is 19.8 Å². The first-order valence-electron chi connectivity index (χ1n) is 16.2. The number of likely N-dealkylation sites (N-methyl/N-ethyl adjacent to an activating group) is 1. The molecule has 1 amide bonds. The predicted molar refractivity (Wildman–Crippen MR) is 171 cm³/mol. The van der Waals surface area contributed by atoms with Crippen molar-refractivity contribution in [3.63, 3.8) is 0 Å². The first-order chi connectivity index (χ1) is 19.5. The zero-order chi connectivity index (χ0) is 30.8. The zero-order valence-electron chi connectivity index (χ0n) is 27.0. The Morgan fingerprint density at radius 1 is 0.829 bits per heavy atom. The van der Waals surface area contributed by atoms with E-state index in [1.165, 1.54) is 19.3 Å². The van der Waals surface area contributed by atoms with Gasteiger partial charge in [0.05, 0.1) is 39.9 Å². The number of nitrogens with zero attached hydrogens (tertiary/aromatic N) is 1. The number of allylic oxidation sites excluding steroid dienone is 4. The first-order valence-corrected chi connectivity index (χ1v) is 17.7. The topological polar surface area (TPSA) is 105 Å². The number of nitrogens with one attached hydrogen (secondary N) is 1. The lowest BCUT2D eigenvalue weighted by atomic mass is 10.0. The van der Waals surface area contributed by atoms with Gasteiger partial charge in [-0.1, -0.05) is 102 Å². The molecule has 0 aliphatic rings. The van der Waals surface area contributed by atoms with Crippen LogP contribution in [0.25, 0.3) is 0 Å². The summed E-state index contributed by atoms with van der Waals surface area (Å²) in [5.74, 6) is -0.169. The second-order valence-corrected chi connectivity index (χ2v) is 13.6. The standard InChI is InChI=1S/C32H63N2O6P/c1-6-8-10-12-13-14-15-16-17-18-19-20-22-24-26-32(36)33-30(31(35)25-23-21-11-9-7-2)29-40-41(37,38)39-28-27-34(3,4)5/h12-13,15-16,30-31,35H,6-11,14,17-29H2,1-5H3,(H-,33,36,37,38)/p+1/b13-12-,16-15-. The van der Waals surface area contributed by atoms with E-state index in [4.69, 9.17) is 9.05 Å². The van der Waals surface area contributed by atoms with Gasteiger partial charge in [-0.3, -0.25) is 13.8 Å². The van der Waals surface area contributed by atoms with E-state index < -0.39 is 20.0 Å². The van der Waals surface area contributed by atoms with Gasteiger partial charge in [-0.25, -0.2) is 4.57 Å². The minimum atomic E-state index is -4.29. The third kappa shape index (κ3) is 27.6. The highest BCUT2D eigenvalue weighted by Crippen LogP contribution is 2.43. The van der Waals surface area contributed by atoms with Crippen LogP contribution in [-0.4, -0.2) is 73.4 Å². The number of aliphatic hydroxyl groups is 1. The highest BCUT2D eigenvalue weighted by atomic mass is 31.2. The van der Waals surface area contributed by atoms with Crippen molar-refractivity contribution in [1.29, 1.82) is 0 Å². The van der Waals surface area contributed by atoms with E-state index in [0.717, 1.165) is 77.0 Å². The van der Waals surface area contributed by atoms with Crippen LogP contribution in [0.4, 0.5) is 0 Å². The van der Waals surface area contributed by atoms with Crippen LogP contribution in [0.1, 0.15) is 123 Å². The first kappa shape index (κ1) is 40.0. The maximum atomic E-state index is 12.6. The van der Waals surface area contributed by atoms with Gasteiger partial charge in [-0.15, -0.1) is 0 Å². The average molecular weight is 604 g/mol. The molecule has 0 bridgehead atoms. The molecule has 3 atom stereocenters. The van der Waals surface area contributed by atoms with E-state index in [-0.39, 0.29) is 19.1 Å². The second kappa shape index (κ2) is 25.5. The Kier molecular flexibility index (Phi) is 24.8. The number of hydrogen-bond acceptors (Lipinski definition) is 5. The third-order valence-electron chi connectivity index (χ3n) is 6.95. The number of amides is 1. The summed E-state index contributed by atoms with van der Waals surface area (Å²) in [6.45, 7) is 4.70. The van der Waals surface area contributed by atoms with Crippen molar-refractivity contribution in [1.82, 2.24) is 5.32 Å². The van der Waals surface area contributed by atoms with Gasteiger partial charge >= 0.3 is 7.82 Å². The summed E-state index contributed by atoms with van der Waals surface area (Å²) in [5.41, 5.74) is 0. The molecule has 3 unspecified atom stereocenters. The zero-order valence-corrected chi connectivity index (χ0v) is 27.9. The maximum absolute atomic E-state index is 12.6. The number of hydrogen-bond donors (Lipinski definition) is 3. The Morgan fingerprint density at radius 2 is 1.41 bits per heavy atom. The fourth-order valence-corrected chi connectivity index (χ4v) is 4.97. The highest BCUT2D eigenvalue weighted by Gasteiger charge is 2.28.